The predicted molar refractivity (Wildman–Crippen MR) is 54.3 cm³/mol. The van der Waals surface area contributed by atoms with E-state index in [0.29, 0.717) is 13.0 Å². The average molecular weight is 195 g/mol. The molecule has 1 fully saturated rings. The first kappa shape index (κ1) is 9.74. The van der Waals surface area contributed by atoms with Crippen LogP contribution in [-0.4, -0.2) is 23.8 Å². The third kappa shape index (κ3) is 1.83. The molecular weight excluding hydrogens is 178 g/mol. The molecule has 1 atom stereocenters. The summed E-state index contributed by atoms with van der Waals surface area (Å²) in [5, 5.41) is 13.4. The third-order valence-electron chi connectivity index (χ3n) is 2.88. The van der Waals surface area contributed by atoms with Crippen molar-refractivity contribution in [2.24, 2.45) is 0 Å². The van der Waals surface area contributed by atoms with Gasteiger partial charge in [0.25, 0.3) is 0 Å². The lowest BCUT2D eigenvalue weighted by molar-refractivity contribution is 0.0615. The molecule has 1 aliphatic rings. The highest BCUT2D eigenvalue weighted by molar-refractivity contribution is 5.22. The Morgan fingerprint density at radius 2 is 2.36 bits per heavy atom. The van der Waals surface area contributed by atoms with E-state index in [1.54, 1.807) is 0 Å². The Morgan fingerprint density at radius 1 is 1.57 bits per heavy atom. The average Bonchev–Trinajstić information content (AvgIpc) is 2.61. The van der Waals surface area contributed by atoms with Gasteiger partial charge in [0.05, 0.1) is 5.60 Å². The van der Waals surface area contributed by atoms with Crippen LogP contribution in [0, 0.1) is 13.8 Å². The van der Waals surface area contributed by atoms with Gasteiger partial charge in [-0.3, -0.25) is 0 Å². The van der Waals surface area contributed by atoms with E-state index in [1.165, 1.54) is 0 Å². The molecular formula is C11H17NO2. The fourth-order valence-electron chi connectivity index (χ4n) is 2.09. The molecule has 0 aromatic carbocycles. The standard InChI is InChI=1S/C11H17NO2/c1-8-5-10(9(2)14-8)6-11(13)3-4-12-7-11/h5,12-13H,3-4,6-7H2,1-2H3. The second-order valence-electron chi connectivity index (χ2n) is 4.27. The molecule has 0 radical (unpaired) electrons. The van der Waals surface area contributed by atoms with Crippen molar-refractivity contribution in [3.8, 4) is 0 Å². The van der Waals surface area contributed by atoms with Crippen molar-refractivity contribution in [2.45, 2.75) is 32.3 Å². The molecule has 78 valence electrons. The van der Waals surface area contributed by atoms with E-state index >= 15 is 0 Å². The van der Waals surface area contributed by atoms with E-state index in [-0.39, 0.29) is 0 Å². The second kappa shape index (κ2) is 3.41. The van der Waals surface area contributed by atoms with Crippen LogP contribution in [0.15, 0.2) is 10.5 Å². The van der Waals surface area contributed by atoms with Gasteiger partial charge in [0.1, 0.15) is 11.5 Å². The molecule has 1 aromatic heterocycles. The summed E-state index contributed by atoms with van der Waals surface area (Å²) in [5.41, 5.74) is 0.565. The number of furan rings is 1. The first-order valence-corrected chi connectivity index (χ1v) is 5.08. The number of hydrogen-bond donors (Lipinski definition) is 2. The molecule has 3 heteroatoms. The Morgan fingerprint density at radius 3 is 2.86 bits per heavy atom. The molecule has 0 aliphatic carbocycles. The first-order chi connectivity index (χ1) is 6.59. The highest BCUT2D eigenvalue weighted by Gasteiger charge is 2.32. The summed E-state index contributed by atoms with van der Waals surface area (Å²) < 4.78 is 5.44. The quantitative estimate of drug-likeness (QED) is 0.744. The van der Waals surface area contributed by atoms with E-state index < -0.39 is 5.60 Å². The molecule has 3 nitrogen and oxygen atoms in total. The number of aryl methyl sites for hydroxylation is 2. The van der Waals surface area contributed by atoms with Crippen LogP contribution in [0.4, 0.5) is 0 Å². The lowest BCUT2D eigenvalue weighted by Gasteiger charge is -2.20. The number of rotatable bonds is 2. The van der Waals surface area contributed by atoms with Gasteiger partial charge < -0.3 is 14.8 Å². The lowest BCUT2D eigenvalue weighted by Crippen LogP contribution is -2.33. The van der Waals surface area contributed by atoms with Crippen molar-refractivity contribution in [1.29, 1.82) is 0 Å². The Labute approximate surface area is 84.1 Å². The molecule has 1 unspecified atom stereocenters. The van der Waals surface area contributed by atoms with E-state index in [4.69, 9.17) is 4.42 Å². The van der Waals surface area contributed by atoms with Crippen LogP contribution in [0.1, 0.15) is 23.5 Å². The zero-order chi connectivity index (χ0) is 10.2. The molecule has 2 heterocycles. The zero-order valence-electron chi connectivity index (χ0n) is 8.76. The molecule has 1 aromatic rings. The van der Waals surface area contributed by atoms with Crippen LogP contribution >= 0.6 is 0 Å². The largest absolute Gasteiger partial charge is 0.466 e. The monoisotopic (exact) mass is 195 g/mol. The SMILES string of the molecule is Cc1cc(CC2(O)CCNC2)c(C)o1. The number of aliphatic hydroxyl groups is 1. The summed E-state index contributed by atoms with van der Waals surface area (Å²) in [5.74, 6) is 1.86. The highest BCUT2D eigenvalue weighted by Crippen LogP contribution is 2.24. The van der Waals surface area contributed by atoms with E-state index in [2.05, 4.69) is 5.32 Å². The number of β-amino-alcohol motifs (C(OH)–C–C–N with tert-alkyl or cyclic N) is 1. The van der Waals surface area contributed by atoms with Gasteiger partial charge in [0.2, 0.25) is 0 Å². The van der Waals surface area contributed by atoms with Gasteiger partial charge in [0, 0.05) is 13.0 Å². The van der Waals surface area contributed by atoms with Gasteiger partial charge in [-0.15, -0.1) is 0 Å². The zero-order valence-corrected chi connectivity index (χ0v) is 8.76. The molecule has 2 rings (SSSR count). The van der Waals surface area contributed by atoms with Crippen LogP contribution in [0.2, 0.25) is 0 Å². The van der Waals surface area contributed by atoms with Crippen molar-refractivity contribution in [2.75, 3.05) is 13.1 Å². The van der Waals surface area contributed by atoms with Gasteiger partial charge in [-0.25, -0.2) is 0 Å². The van der Waals surface area contributed by atoms with Crippen LogP contribution in [0.25, 0.3) is 0 Å². The Hall–Kier alpha value is -0.800. The minimum atomic E-state index is -0.568. The first-order valence-electron chi connectivity index (χ1n) is 5.08. The van der Waals surface area contributed by atoms with E-state index in [1.807, 2.05) is 19.9 Å². The predicted octanol–water partition coefficient (Wildman–Crippen LogP) is 1.16. The molecule has 1 saturated heterocycles. The molecule has 2 N–H and O–H groups in total. The van der Waals surface area contributed by atoms with Gasteiger partial charge >= 0.3 is 0 Å². The van der Waals surface area contributed by atoms with Crippen molar-refractivity contribution < 1.29 is 9.52 Å². The van der Waals surface area contributed by atoms with Gasteiger partial charge in [-0.1, -0.05) is 0 Å². The maximum absolute atomic E-state index is 10.2. The molecule has 0 saturated carbocycles. The summed E-state index contributed by atoms with van der Waals surface area (Å²) in [6, 6.07) is 2.02. The van der Waals surface area contributed by atoms with E-state index in [0.717, 1.165) is 30.0 Å². The summed E-state index contributed by atoms with van der Waals surface area (Å²) in [6.07, 6.45) is 1.53. The number of nitrogens with one attached hydrogen (secondary N) is 1. The summed E-state index contributed by atoms with van der Waals surface area (Å²) in [6.45, 7) is 5.49. The van der Waals surface area contributed by atoms with Crippen molar-refractivity contribution >= 4 is 0 Å². The van der Waals surface area contributed by atoms with Crippen molar-refractivity contribution in [1.82, 2.24) is 5.32 Å². The Kier molecular flexibility index (Phi) is 2.37. The number of hydrogen-bond acceptors (Lipinski definition) is 3. The summed E-state index contributed by atoms with van der Waals surface area (Å²) in [7, 11) is 0. The van der Waals surface area contributed by atoms with Crippen LogP contribution in [-0.2, 0) is 6.42 Å². The molecule has 0 spiro atoms. The highest BCUT2D eigenvalue weighted by atomic mass is 16.3. The molecule has 0 amide bonds. The fraction of sp³-hybridized carbons (Fsp3) is 0.636. The molecule has 1 aliphatic heterocycles. The van der Waals surface area contributed by atoms with Crippen molar-refractivity contribution in [3.05, 3.63) is 23.2 Å². The van der Waals surface area contributed by atoms with Crippen LogP contribution in [0.3, 0.4) is 0 Å². The van der Waals surface area contributed by atoms with Gasteiger partial charge in [0.15, 0.2) is 0 Å². The maximum Gasteiger partial charge on any atom is 0.104 e. The topological polar surface area (TPSA) is 45.4 Å². The van der Waals surface area contributed by atoms with Gasteiger partial charge in [-0.05, 0) is 38.4 Å². The molecule has 0 bridgehead atoms. The Bertz CT molecular complexity index is 324. The summed E-state index contributed by atoms with van der Waals surface area (Å²) >= 11 is 0. The third-order valence-corrected chi connectivity index (χ3v) is 2.88. The smallest absolute Gasteiger partial charge is 0.104 e. The lowest BCUT2D eigenvalue weighted by atomic mass is 9.94. The summed E-state index contributed by atoms with van der Waals surface area (Å²) in [4.78, 5) is 0. The molecule has 14 heavy (non-hydrogen) atoms. The fourth-order valence-corrected chi connectivity index (χ4v) is 2.09. The maximum atomic E-state index is 10.2. The van der Waals surface area contributed by atoms with Crippen LogP contribution in [0.5, 0.6) is 0 Å². The van der Waals surface area contributed by atoms with Crippen molar-refractivity contribution in [3.63, 3.8) is 0 Å². The second-order valence-corrected chi connectivity index (χ2v) is 4.27. The minimum absolute atomic E-state index is 0.568. The normalized spacial score (nSPS) is 27.1. The van der Waals surface area contributed by atoms with Crippen LogP contribution < -0.4 is 5.32 Å². The van der Waals surface area contributed by atoms with E-state index in [9.17, 15) is 5.11 Å². The van der Waals surface area contributed by atoms with Gasteiger partial charge in [-0.2, -0.15) is 0 Å². The minimum Gasteiger partial charge on any atom is -0.466 e. The Balaban J connectivity index is 2.13.